The fraction of sp³-hybridized carbons (Fsp3) is 0.278. The largest absolute Gasteiger partial charge is 0.480 e. The first-order valence-corrected chi connectivity index (χ1v) is 15.6. The van der Waals surface area contributed by atoms with Gasteiger partial charge in [0.05, 0.1) is 6.04 Å². The van der Waals surface area contributed by atoms with Gasteiger partial charge in [0.1, 0.15) is 18.1 Å². The van der Waals surface area contributed by atoms with E-state index in [4.69, 9.17) is 5.73 Å². The second kappa shape index (κ2) is 14.8. The van der Waals surface area contributed by atoms with Crippen molar-refractivity contribution in [2.24, 2.45) is 11.7 Å². The number of carbonyl (C=O) groups excluding carboxylic acids is 3. The fourth-order valence-corrected chi connectivity index (χ4v) is 5.74. The molecule has 0 bridgehead atoms. The van der Waals surface area contributed by atoms with Crippen LogP contribution >= 0.6 is 0 Å². The molecule has 5 aromatic rings. The maximum Gasteiger partial charge on any atom is 0.326 e. The van der Waals surface area contributed by atoms with Gasteiger partial charge in [0.25, 0.3) is 0 Å². The van der Waals surface area contributed by atoms with Gasteiger partial charge in [0.15, 0.2) is 0 Å². The average Bonchev–Trinajstić information content (AvgIpc) is 3.67. The third-order valence-corrected chi connectivity index (χ3v) is 8.33. The lowest BCUT2D eigenvalue weighted by molar-refractivity contribution is -0.142. The van der Waals surface area contributed by atoms with Crippen LogP contribution in [0.4, 0.5) is 0 Å². The van der Waals surface area contributed by atoms with E-state index in [2.05, 4.69) is 25.9 Å². The molecular formula is C36H40N6O5. The average molecular weight is 637 g/mol. The van der Waals surface area contributed by atoms with E-state index in [0.29, 0.717) is 0 Å². The maximum atomic E-state index is 13.9. The van der Waals surface area contributed by atoms with Crippen molar-refractivity contribution < 1.29 is 24.3 Å². The lowest BCUT2D eigenvalue weighted by Gasteiger charge is -2.27. The Labute approximate surface area is 272 Å². The molecule has 0 aliphatic rings. The smallest absolute Gasteiger partial charge is 0.326 e. The molecule has 0 radical (unpaired) electrons. The highest BCUT2D eigenvalue weighted by Gasteiger charge is 2.32. The molecule has 244 valence electrons. The zero-order chi connectivity index (χ0) is 33.5. The number of carboxylic acids is 1. The molecule has 0 fully saturated rings. The van der Waals surface area contributed by atoms with Crippen LogP contribution in [0.3, 0.4) is 0 Å². The molecule has 0 saturated heterocycles. The number of aliphatic carboxylic acids is 1. The monoisotopic (exact) mass is 636 g/mol. The summed E-state index contributed by atoms with van der Waals surface area (Å²) in [5.74, 6) is -3.28. The number of nitrogens with two attached hydrogens (primary N) is 1. The van der Waals surface area contributed by atoms with E-state index >= 15 is 0 Å². The van der Waals surface area contributed by atoms with Crippen LogP contribution in [0, 0.1) is 5.92 Å². The highest BCUT2D eigenvalue weighted by Crippen LogP contribution is 2.21. The molecule has 4 atom stereocenters. The van der Waals surface area contributed by atoms with Gasteiger partial charge in [0, 0.05) is 47.0 Å². The Morgan fingerprint density at radius 1 is 0.660 bits per heavy atom. The summed E-state index contributed by atoms with van der Waals surface area (Å²) in [6.45, 7) is 3.56. The van der Waals surface area contributed by atoms with Crippen LogP contribution < -0.4 is 21.7 Å². The first-order valence-electron chi connectivity index (χ1n) is 15.6. The van der Waals surface area contributed by atoms with E-state index < -0.39 is 47.9 Å². The number of rotatable bonds is 14. The van der Waals surface area contributed by atoms with E-state index in [1.165, 1.54) is 0 Å². The quantitative estimate of drug-likeness (QED) is 0.0982. The van der Waals surface area contributed by atoms with Gasteiger partial charge < -0.3 is 36.8 Å². The second-order valence-corrected chi connectivity index (χ2v) is 12.1. The first-order chi connectivity index (χ1) is 22.6. The predicted molar refractivity (Wildman–Crippen MR) is 180 cm³/mol. The molecular weight excluding hydrogens is 596 g/mol. The zero-order valence-electron chi connectivity index (χ0n) is 26.3. The first kappa shape index (κ1) is 33.0. The lowest BCUT2D eigenvalue weighted by atomic mass is 9.99. The lowest BCUT2D eigenvalue weighted by Crippen LogP contribution is -2.59. The van der Waals surface area contributed by atoms with Crippen LogP contribution in [0.15, 0.2) is 91.3 Å². The van der Waals surface area contributed by atoms with Crippen molar-refractivity contribution in [2.45, 2.75) is 57.3 Å². The molecule has 0 spiro atoms. The number of nitrogens with one attached hydrogen (secondary N) is 5. The third-order valence-electron chi connectivity index (χ3n) is 8.33. The summed E-state index contributed by atoms with van der Waals surface area (Å²) in [6.07, 6.45) is 3.90. The Bertz CT molecular complexity index is 1860. The number of para-hydroxylation sites is 2. The fourth-order valence-electron chi connectivity index (χ4n) is 5.74. The molecule has 3 aromatic carbocycles. The number of fused-ring (bicyclic) bond motifs is 2. The van der Waals surface area contributed by atoms with Gasteiger partial charge in [-0.15, -0.1) is 0 Å². The summed E-state index contributed by atoms with van der Waals surface area (Å²) in [5.41, 5.74) is 10.3. The van der Waals surface area contributed by atoms with Gasteiger partial charge in [-0.3, -0.25) is 14.4 Å². The number of carboxylic acid groups (broad SMARTS) is 1. The standard InChI is InChI=1S/C36H40N6O5/c1-21(2)32(42-33(43)27(37)16-22-10-4-3-5-11-22)35(45)40-30(17-23-19-38-28-14-8-6-12-25(23)28)34(44)41-31(36(46)47)18-24-20-39-29-15-9-7-13-26(24)29/h3-15,19-21,27,30-32,38-39H,16-18,37H2,1-2H3,(H,40,45)(H,41,44)(H,42,43)(H,46,47). The summed E-state index contributed by atoms with van der Waals surface area (Å²) in [6, 6.07) is 20.1. The number of benzene rings is 3. The predicted octanol–water partition coefficient (Wildman–Crippen LogP) is 3.20. The van der Waals surface area contributed by atoms with Crippen molar-refractivity contribution in [2.75, 3.05) is 0 Å². The number of aromatic amines is 2. The summed E-state index contributed by atoms with van der Waals surface area (Å²) in [4.78, 5) is 59.4. The number of carbonyl (C=O) groups is 4. The number of amides is 3. The number of hydrogen-bond acceptors (Lipinski definition) is 5. The van der Waals surface area contributed by atoms with Crippen LogP contribution in [0.2, 0.25) is 0 Å². The Morgan fingerprint density at radius 2 is 1.17 bits per heavy atom. The van der Waals surface area contributed by atoms with Crippen molar-refractivity contribution in [1.29, 1.82) is 0 Å². The molecule has 0 saturated carbocycles. The van der Waals surface area contributed by atoms with Crippen LogP contribution in [-0.4, -0.2) is 62.9 Å². The number of aromatic nitrogens is 2. The third kappa shape index (κ3) is 8.06. The van der Waals surface area contributed by atoms with Gasteiger partial charge in [-0.2, -0.15) is 0 Å². The van der Waals surface area contributed by atoms with E-state index in [1.807, 2.05) is 78.9 Å². The minimum Gasteiger partial charge on any atom is -0.480 e. The number of H-pyrrole nitrogens is 2. The summed E-state index contributed by atoms with van der Waals surface area (Å²) >= 11 is 0. The Balaban J connectivity index is 1.35. The SMILES string of the molecule is CC(C)C(NC(=O)C(N)Cc1ccccc1)C(=O)NC(Cc1c[nH]c2ccccc12)C(=O)NC(Cc1c[nH]c2ccccc12)C(=O)O. The Morgan fingerprint density at radius 3 is 1.72 bits per heavy atom. The maximum absolute atomic E-state index is 13.9. The highest BCUT2D eigenvalue weighted by molar-refractivity contribution is 5.95. The normalized spacial score (nSPS) is 14.0. The Hall–Kier alpha value is -5.42. The summed E-state index contributed by atoms with van der Waals surface area (Å²) < 4.78 is 0. The van der Waals surface area contributed by atoms with Gasteiger partial charge >= 0.3 is 5.97 Å². The van der Waals surface area contributed by atoms with E-state index in [1.54, 1.807) is 26.2 Å². The van der Waals surface area contributed by atoms with Gasteiger partial charge in [-0.05, 0) is 41.2 Å². The summed E-state index contributed by atoms with van der Waals surface area (Å²) in [5, 5.41) is 20.1. The molecule has 0 aliphatic carbocycles. The van der Waals surface area contributed by atoms with Gasteiger partial charge in [-0.1, -0.05) is 80.6 Å². The molecule has 47 heavy (non-hydrogen) atoms. The number of hydrogen-bond donors (Lipinski definition) is 7. The molecule has 2 heterocycles. The molecule has 5 rings (SSSR count). The van der Waals surface area contributed by atoms with Crippen molar-refractivity contribution in [3.8, 4) is 0 Å². The Kier molecular flexibility index (Phi) is 10.4. The van der Waals surface area contributed by atoms with Crippen LogP contribution in [0.5, 0.6) is 0 Å². The van der Waals surface area contributed by atoms with Crippen molar-refractivity contribution >= 4 is 45.5 Å². The molecule has 11 nitrogen and oxygen atoms in total. The van der Waals surface area contributed by atoms with Gasteiger partial charge in [0.2, 0.25) is 17.7 Å². The molecule has 8 N–H and O–H groups in total. The zero-order valence-corrected chi connectivity index (χ0v) is 26.3. The molecule has 3 amide bonds. The van der Waals surface area contributed by atoms with Crippen molar-refractivity contribution in [3.05, 3.63) is 108 Å². The minimum atomic E-state index is -1.26. The topological polar surface area (TPSA) is 182 Å². The summed E-state index contributed by atoms with van der Waals surface area (Å²) in [7, 11) is 0. The molecule has 0 aliphatic heterocycles. The van der Waals surface area contributed by atoms with Gasteiger partial charge in [-0.25, -0.2) is 4.79 Å². The van der Waals surface area contributed by atoms with E-state index in [-0.39, 0.29) is 25.2 Å². The van der Waals surface area contributed by atoms with Crippen LogP contribution in [0.25, 0.3) is 21.8 Å². The van der Waals surface area contributed by atoms with Crippen LogP contribution in [0.1, 0.15) is 30.5 Å². The minimum absolute atomic E-state index is 0.0306. The highest BCUT2D eigenvalue weighted by atomic mass is 16.4. The van der Waals surface area contributed by atoms with Crippen molar-refractivity contribution in [1.82, 2.24) is 25.9 Å². The molecule has 4 unspecified atom stereocenters. The van der Waals surface area contributed by atoms with E-state index in [0.717, 1.165) is 38.5 Å². The van der Waals surface area contributed by atoms with Crippen LogP contribution in [-0.2, 0) is 38.4 Å². The molecule has 11 heteroatoms. The second-order valence-electron chi connectivity index (χ2n) is 12.1. The molecule has 2 aromatic heterocycles. The van der Waals surface area contributed by atoms with E-state index in [9.17, 15) is 24.3 Å². The van der Waals surface area contributed by atoms with Crippen molar-refractivity contribution in [3.63, 3.8) is 0 Å².